The van der Waals surface area contributed by atoms with E-state index in [2.05, 4.69) is 5.32 Å². The van der Waals surface area contributed by atoms with E-state index in [0.717, 1.165) is 15.4 Å². The molecule has 0 spiro atoms. The summed E-state index contributed by atoms with van der Waals surface area (Å²) in [6.07, 6.45) is 0.366. The van der Waals surface area contributed by atoms with Gasteiger partial charge in [0.2, 0.25) is 11.8 Å². The molecule has 214 valence electrons. The summed E-state index contributed by atoms with van der Waals surface area (Å²) in [7, 11) is -4.12. The first-order valence-electron chi connectivity index (χ1n) is 13.5. The number of ether oxygens (including phenoxy) is 1. The van der Waals surface area contributed by atoms with Crippen molar-refractivity contribution in [2.75, 3.05) is 17.5 Å². The number of carbonyl (C=O) groups excluding carboxylic acids is 2. The molecule has 3 aromatic carbocycles. The van der Waals surface area contributed by atoms with E-state index in [-0.39, 0.29) is 23.4 Å². The Kier molecular flexibility index (Phi) is 10.7. The highest BCUT2D eigenvalue weighted by atomic mass is 32.2. The topological polar surface area (TPSA) is 96.0 Å². The van der Waals surface area contributed by atoms with Crippen LogP contribution in [0.4, 0.5) is 5.69 Å². The van der Waals surface area contributed by atoms with Crippen LogP contribution in [0.5, 0.6) is 5.75 Å². The Morgan fingerprint density at radius 3 is 2.08 bits per heavy atom. The maximum atomic E-state index is 14.0. The molecule has 0 aliphatic rings. The molecule has 1 atom stereocenters. The monoisotopic (exact) mass is 565 g/mol. The second-order valence-corrected chi connectivity index (χ2v) is 11.7. The third kappa shape index (κ3) is 7.85. The van der Waals surface area contributed by atoms with Crippen LogP contribution in [-0.2, 0) is 26.2 Å². The van der Waals surface area contributed by atoms with Gasteiger partial charge in [-0.25, -0.2) is 8.42 Å². The fourth-order valence-corrected chi connectivity index (χ4v) is 5.74. The first-order valence-corrected chi connectivity index (χ1v) is 15.0. The van der Waals surface area contributed by atoms with Crippen molar-refractivity contribution in [3.8, 4) is 5.75 Å². The molecule has 0 saturated carbocycles. The summed E-state index contributed by atoms with van der Waals surface area (Å²) in [5.41, 5.74) is 2.07. The second kappa shape index (κ2) is 14.0. The van der Waals surface area contributed by atoms with Crippen molar-refractivity contribution in [2.24, 2.45) is 0 Å². The average Bonchev–Trinajstić information content (AvgIpc) is 2.92. The molecular formula is C31H39N3O5S. The lowest BCUT2D eigenvalue weighted by atomic mass is 10.1. The van der Waals surface area contributed by atoms with Crippen molar-refractivity contribution in [3.05, 3.63) is 90.0 Å². The molecule has 3 aromatic rings. The van der Waals surface area contributed by atoms with Gasteiger partial charge >= 0.3 is 0 Å². The maximum Gasteiger partial charge on any atom is 0.264 e. The molecule has 0 saturated heterocycles. The number of hydrogen-bond donors (Lipinski definition) is 1. The summed E-state index contributed by atoms with van der Waals surface area (Å²) in [5.74, 6) is -0.178. The van der Waals surface area contributed by atoms with E-state index < -0.39 is 28.5 Å². The second-order valence-electron chi connectivity index (χ2n) is 9.85. The van der Waals surface area contributed by atoms with Crippen molar-refractivity contribution in [2.45, 2.75) is 64.6 Å². The molecule has 0 aliphatic heterocycles. The molecule has 3 rings (SSSR count). The number of anilines is 1. The number of nitrogens with zero attached hydrogens (tertiary/aromatic N) is 2. The summed E-state index contributed by atoms with van der Waals surface area (Å²) in [4.78, 5) is 28.8. The molecule has 40 heavy (non-hydrogen) atoms. The summed E-state index contributed by atoms with van der Waals surface area (Å²) in [6.45, 7) is 9.43. The van der Waals surface area contributed by atoms with Crippen molar-refractivity contribution in [1.82, 2.24) is 10.2 Å². The van der Waals surface area contributed by atoms with Crippen LogP contribution >= 0.6 is 0 Å². The predicted octanol–water partition coefficient (Wildman–Crippen LogP) is 4.92. The van der Waals surface area contributed by atoms with Crippen molar-refractivity contribution < 1.29 is 22.7 Å². The van der Waals surface area contributed by atoms with Crippen LogP contribution in [0.2, 0.25) is 0 Å². The lowest BCUT2D eigenvalue weighted by Gasteiger charge is -2.33. The Labute approximate surface area is 238 Å². The number of aryl methyl sites for hydroxylation is 1. The van der Waals surface area contributed by atoms with Crippen molar-refractivity contribution in [1.29, 1.82) is 0 Å². The van der Waals surface area contributed by atoms with Crippen LogP contribution in [0.15, 0.2) is 83.8 Å². The van der Waals surface area contributed by atoms with E-state index in [9.17, 15) is 18.0 Å². The van der Waals surface area contributed by atoms with Gasteiger partial charge in [0.1, 0.15) is 18.3 Å². The zero-order valence-electron chi connectivity index (χ0n) is 23.8. The highest BCUT2D eigenvalue weighted by Gasteiger charge is 2.33. The van der Waals surface area contributed by atoms with Gasteiger partial charge in [0, 0.05) is 12.6 Å². The third-order valence-electron chi connectivity index (χ3n) is 6.34. The molecular weight excluding hydrogens is 526 g/mol. The van der Waals surface area contributed by atoms with Crippen molar-refractivity contribution in [3.63, 3.8) is 0 Å². The summed E-state index contributed by atoms with van der Waals surface area (Å²) in [5, 5.41) is 2.90. The number of hydrogen-bond acceptors (Lipinski definition) is 5. The van der Waals surface area contributed by atoms with Gasteiger partial charge in [0.05, 0.1) is 17.2 Å². The zero-order valence-corrected chi connectivity index (χ0v) is 24.6. The van der Waals surface area contributed by atoms with Gasteiger partial charge in [-0.05, 0) is 76.1 Å². The largest absolute Gasteiger partial charge is 0.494 e. The summed E-state index contributed by atoms with van der Waals surface area (Å²) >= 11 is 0. The first-order chi connectivity index (χ1) is 19.1. The summed E-state index contributed by atoms with van der Waals surface area (Å²) in [6, 6.07) is 21.5. The number of amides is 2. The Bertz CT molecular complexity index is 1360. The number of carbonyl (C=O) groups is 2. The van der Waals surface area contributed by atoms with Crippen LogP contribution in [-0.4, -0.2) is 50.4 Å². The number of benzene rings is 3. The predicted molar refractivity (Wildman–Crippen MR) is 158 cm³/mol. The molecule has 0 bridgehead atoms. The van der Waals surface area contributed by atoms with Crippen LogP contribution in [0, 0.1) is 6.92 Å². The van der Waals surface area contributed by atoms with Gasteiger partial charge in [0.25, 0.3) is 10.0 Å². The normalized spacial score (nSPS) is 12.1. The molecule has 0 aromatic heterocycles. The zero-order chi connectivity index (χ0) is 29.3. The highest BCUT2D eigenvalue weighted by molar-refractivity contribution is 7.92. The SMILES string of the molecule is CCOc1ccc(N(CC(=O)N(Cc2ccccc2)[C@H](CC)C(=O)NC(C)C)S(=O)(=O)c2ccc(C)cc2)cc1. The minimum Gasteiger partial charge on any atom is -0.494 e. The molecule has 0 fully saturated rings. The molecule has 8 nitrogen and oxygen atoms in total. The Morgan fingerprint density at radius 1 is 0.900 bits per heavy atom. The standard InChI is InChI=1S/C31H39N3O5S/c1-6-29(31(36)32-23(3)4)33(21-25-11-9-8-10-12-25)30(35)22-34(26-15-17-27(18-16-26)39-7-2)40(37,38)28-19-13-24(5)14-20-28/h8-20,23,29H,6-7,21-22H2,1-5H3,(H,32,36)/t29-/m1/s1. The minimum atomic E-state index is -4.12. The van der Waals surface area contributed by atoms with Crippen LogP contribution in [0.25, 0.3) is 0 Å². The Hall–Kier alpha value is -3.85. The van der Waals surface area contributed by atoms with E-state index >= 15 is 0 Å². The molecule has 2 amide bonds. The minimum absolute atomic E-state index is 0.0685. The molecule has 9 heteroatoms. The van der Waals surface area contributed by atoms with Crippen molar-refractivity contribution >= 4 is 27.5 Å². The van der Waals surface area contributed by atoms with Crippen LogP contribution < -0.4 is 14.4 Å². The fraction of sp³-hybridized carbons (Fsp3) is 0.355. The van der Waals surface area contributed by atoms with E-state index in [0.29, 0.717) is 24.5 Å². The molecule has 1 N–H and O–H groups in total. The van der Waals surface area contributed by atoms with Gasteiger partial charge in [-0.2, -0.15) is 0 Å². The molecule has 0 heterocycles. The fourth-order valence-electron chi connectivity index (χ4n) is 4.32. The van der Waals surface area contributed by atoms with Gasteiger partial charge in [0.15, 0.2) is 0 Å². The van der Waals surface area contributed by atoms with Gasteiger partial charge in [-0.15, -0.1) is 0 Å². The molecule has 0 unspecified atom stereocenters. The van der Waals surface area contributed by atoms with Gasteiger partial charge < -0.3 is 15.0 Å². The van der Waals surface area contributed by atoms with Gasteiger partial charge in [-0.1, -0.05) is 55.0 Å². The molecule has 0 aliphatic carbocycles. The smallest absolute Gasteiger partial charge is 0.264 e. The van der Waals surface area contributed by atoms with E-state index in [1.165, 1.54) is 17.0 Å². The van der Waals surface area contributed by atoms with E-state index in [1.807, 2.05) is 65.0 Å². The summed E-state index contributed by atoms with van der Waals surface area (Å²) < 4.78 is 34.5. The number of sulfonamides is 1. The van der Waals surface area contributed by atoms with Crippen LogP contribution in [0.1, 0.15) is 45.2 Å². The lowest BCUT2D eigenvalue weighted by Crippen LogP contribution is -2.53. The van der Waals surface area contributed by atoms with Crippen LogP contribution in [0.3, 0.4) is 0 Å². The van der Waals surface area contributed by atoms with Gasteiger partial charge in [-0.3, -0.25) is 13.9 Å². The number of nitrogens with one attached hydrogen (secondary N) is 1. The third-order valence-corrected chi connectivity index (χ3v) is 8.12. The van der Waals surface area contributed by atoms with E-state index in [1.54, 1.807) is 36.4 Å². The highest BCUT2D eigenvalue weighted by Crippen LogP contribution is 2.27. The Balaban J connectivity index is 2.05. The quantitative estimate of drug-likeness (QED) is 0.317. The average molecular weight is 566 g/mol. The lowest BCUT2D eigenvalue weighted by molar-refractivity contribution is -0.140. The molecule has 0 radical (unpaired) electrons. The first kappa shape index (κ1) is 30.7. The van der Waals surface area contributed by atoms with E-state index in [4.69, 9.17) is 4.74 Å². The maximum absolute atomic E-state index is 14.0. The number of rotatable bonds is 13. The Morgan fingerprint density at radius 2 is 1.52 bits per heavy atom.